The topological polar surface area (TPSA) is 46.6 Å². The van der Waals surface area contributed by atoms with E-state index in [4.69, 9.17) is 4.74 Å². The molecule has 4 heteroatoms. The average Bonchev–Trinajstić information content (AvgIpc) is 2.80. The minimum Gasteiger partial charge on any atom is -0.462 e. The molecule has 0 aromatic heterocycles. The number of ether oxygens (including phenoxy) is 1. The Balaban J connectivity index is 2.46. The average molecular weight is 341 g/mol. The molecule has 1 aliphatic rings. The van der Waals surface area contributed by atoms with Crippen LogP contribution in [-0.4, -0.2) is 29.9 Å². The van der Waals surface area contributed by atoms with Gasteiger partial charge in [-0.05, 0) is 43.4 Å². The maximum absolute atomic E-state index is 12.9. The van der Waals surface area contributed by atoms with E-state index in [9.17, 15) is 9.59 Å². The summed E-state index contributed by atoms with van der Waals surface area (Å²) in [5.74, 6) is -0.254. The molecule has 0 saturated heterocycles. The molecule has 134 valence electrons. The summed E-state index contributed by atoms with van der Waals surface area (Å²) in [5.41, 5.74) is 3.61. The third kappa shape index (κ3) is 4.19. The van der Waals surface area contributed by atoms with E-state index >= 15 is 0 Å². The summed E-state index contributed by atoms with van der Waals surface area (Å²) in [6, 6.07) is 8.03. The van der Waals surface area contributed by atoms with E-state index in [0.717, 1.165) is 12.0 Å². The van der Waals surface area contributed by atoms with Gasteiger partial charge >= 0.3 is 5.97 Å². The van der Waals surface area contributed by atoms with Crippen LogP contribution in [0, 0.1) is 5.92 Å². The van der Waals surface area contributed by atoms with Crippen LogP contribution in [-0.2, 0) is 20.7 Å². The smallest absolute Gasteiger partial charge is 0.340 e. The van der Waals surface area contributed by atoms with Crippen LogP contribution >= 0.6 is 0 Å². The molecule has 4 nitrogen and oxygen atoms in total. The minimum atomic E-state index is -0.434. The Morgan fingerprint density at radius 3 is 2.36 bits per heavy atom. The lowest BCUT2D eigenvalue weighted by atomic mass is 10.0. The zero-order chi connectivity index (χ0) is 18.6. The molecule has 0 unspecified atom stereocenters. The monoisotopic (exact) mass is 341 g/mol. The van der Waals surface area contributed by atoms with E-state index in [2.05, 4.69) is 20.8 Å². The van der Waals surface area contributed by atoms with E-state index in [0.29, 0.717) is 29.3 Å². The Hall–Kier alpha value is -2.36. The predicted molar refractivity (Wildman–Crippen MR) is 99.7 cm³/mol. The molecule has 1 aromatic carbocycles. The highest BCUT2D eigenvalue weighted by Crippen LogP contribution is 2.32. The van der Waals surface area contributed by atoms with Crippen molar-refractivity contribution in [2.45, 2.75) is 41.0 Å². The molecular weight excluding hydrogens is 314 g/mol. The van der Waals surface area contributed by atoms with Crippen molar-refractivity contribution in [1.29, 1.82) is 0 Å². The van der Waals surface area contributed by atoms with Crippen molar-refractivity contribution in [2.24, 2.45) is 5.92 Å². The number of hydrogen-bond acceptors (Lipinski definition) is 3. The zero-order valence-corrected chi connectivity index (χ0v) is 15.8. The normalized spacial score (nSPS) is 16.3. The lowest BCUT2D eigenvalue weighted by Crippen LogP contribution is -2.28. The second-order valence-corrected chi connectivity index (χ2v) is 6.64. The van der Waals surface area contributed by atoms with Gasteiger partial charge in [0.2, 0.25) is 0 Å². The fourth-order valence-electron chi connectivity index (χ4n) is 2.93. The number of carbonyl (C=O) groups is 2. The molecule has 0 bridgehead atoms. The number of hydrogen-bond donors (Lipinski definition) is 0. The van der Waals surface area contributed by atoms with E-state index in [1.165, 1.54) is 5.56 Å². The maximum atomic E-state index is 12.9. The van der Waals surface area contributed by atoms with Crippen LogP contribution in [0.1, 0.15) is 45.7 Å². The van der Waals surface area contributed by atoms with Crippen LogP contribution in [0.5, 0.6) is 0 Å². The van der Waals surface area contributed by atoms with Gasteiger partial charge in [0.25, 0.3) is 5.91 Å². The van der Waals surface area contributed by atoms with Crippen LogP contribution in [0.2, 0.25) is 0 Å². The van der Waals surface area contributed by atoms with Gasteiger partial charge in [-0.2, -0.15) is 0 Å². The molecule has 1 aliphatic heterocycles. The molecule has 0 aliphatic carbocycles. The Bertz CT molecular complexity index is 711. The van der Waals surface area contributed by atoms with E-state index in [1.54, 1.807) is 17.9 Å². The second-order valence-electron chi connectivity index (χ2n) is 6.64. The highest BCUT2D eigenvalue weighted by Gasteiger charge is 2.37. The molecule has 2 rings (SSSR count). The third-order valence-electron chi connectivity index (χ3n) is 4.24. The number of rotatable bonds is 6. The maximum Gasteiger partial charge on any atom is 0.340 e. The molecular formula is C21H27NO3. The number of amides is 1. The van der Waals surface area contributed by atoms with Crippen LogP contribution in [0.25, 0.3) is 6.08 Å². The summed E-state index contributed by atoms with van der Waals surface area (Å²) in [6.45, 7) is 10.7. The van der Waals surface area contributed by atoms with Crippen molar-refractivity contribution in [3.63, 3.8) is 0 Å². The predicted octanol–water partition coefficient (Wildman–Crippen LogP) is 3.97. The van der Waals surface area contributed by atoms with Crippen molar-refractivity contribution < 1.29 is 14.3 Å². The molecule has 0 atom stereocenters. The third-order valence-corrected chi connectivity index (χ3v) is 4.24. The van der Waals surface area contributed by atoms with Gasteiger partial charge in [0.15, 0.2) is 0 Å². The van der Waals surface area contributed by atoms with Crippen molar-refractivity contribution in [2.75, 3.05) is 13.2 Å². The first-order valence-corrected chi connectivity index (χ1v) is 8.89. The Morgan fingerprint density at radius 1 is 1.20 bits per heavy atom. The summed E-state index contributed by atoms with van der Waals surface area (Å²) in [7, 11) is 0. The molecule has 1 heterocycles. The van der Waals surface area contributed by atoms with Gasteiger partial charge in [0, 0.05) is 12.2 Å². The number of allylic oxidation sites excluding steroid dienone is 1. The minimum absolute atomic E-state index is 0.131. The summed E-state index contributed by atoms with van der Waals surface area (Å²) in [6.07, 6.45) is 2.75. The van der Waals surface area contributed by atoms with Crippen molar-refractivity contribution in [3.8, 4) is 0 Å². The standard InChI is InChI=1S/C21H27NO3/c1-6-16-8-10-17(11-9-16)12-18-19(21(24)25-7-2)15(5)22(20(18)23)13-14(3)4/h8-12,14H,6-7,13H2,1-5H3/b18-12-. The van der Waals surface area contributed by atoms with Gasteiger partial charge in [0.1, 0.15) is 0 Å². The fraction of sp³-hybridized carbons (Fsp3) is 0.429. The molecule has 0 radical (unpaired) electrons. The molecule has 0 saturated carbocycles. The first kappa shape index (κ1) is 19.0. The molecule has 1 amide bonds. The molecule has 1 aromatic rings. The number of esters is 1. The van der Waals surface area contributed by atoms with Gasteiger partial charge in [0.05, 0.1) is 17.8 Å². The number of aryl methyl sites for hydroxylation is 1. The van der Waals surface area contributed by atoms with Crippen LogP contribution in [0.3, 0.4) is 0 Å². The van der Waals surface area contributed by atoms with Gasteiger partial charge in [-0.3, -0.25) is 4.79 Å². The fourth-order valence-corrected chi connectivity index (χ4v) is 2.93. The van der Waals surface area contributed by atoms with Crippen molar-refractivity contribution in [3.05, 3.63) is 52.2 Å². The number of nitrogens with zero attached hydrogens (tertiary/aromatic N) is 1. The van der Waals surface area contributed by atoms with Crippen molar-refractivity contribution >= 4 is 18.0 Å². The molecule has 0 spiro atoms. The van der Waals surface area contributed by atoms with E-state index in [1.807, 2.05) is 31.2 Å². The first-order chi connectivity index (χ1) is 11.9. The summed E-state index contributed by atoms with van der Waals surface area (Å²) >= 11 is 0. The number of benzene rings is 1. The SMILES string of the molecule is CCOC(=O)C1=C(C)N(CC(C)C)C(=O)/C1=C\c1ccc(CC)cc1. The van der Waals surface area contributed by atoms with Gasteiger partial charge < -0.3 is 9.64 Å². The van der Waals surface area contributed by atoms with Crippen molar-refractivity contribution in [1.82, 2.24) is 4.90 Å². The summed E-state index contributed by atoms with van der Waals surface area (Å²) in [4.78, 5) is 27.0. The van der Waals surface area contributed by atoms with Crippen LogP contribution in [0.4, 0.5) is 0 Å². The lowest BCUT2D eigenvalue weighted by molar-refractivity contribution is -0.138. The first-order valence-electron chi connectivity index (χ1n) is 8.89. The zero-order valence-electron chi connectivity index (χ0n) is 15.8. The second kappa shape index (κ2) is 8.15. The molecule has 0 fully saturated rings. The highest BCUT2D eigenvalue weighted by molar-refractivity contribution is 6.16. The Labute approximate surface area is 150 Å². The summed E-state index contributed by atoms with van der Waals surface area (Å²) < 4.78 is 5.19. The molecule has 0 N–H and O–H groups in total. The highest BCUT2D eigenvalue weighted by atomic mass is 16.5. The van der Waals surface area contributed by atoms with E-state index < -0.39 is 5.97 Å². The molecule has 25 heavy (non-hydrogen) atoms. The van der Waals surface area contributed by atoms with Gasteiger partial charge in [-0.25, -0.2) is 4.79 Å². The summed E-state index contributed by atoms with van der Waals surface area (Å²) in [5, 5.41) is 0. The van der Waals surface area contributed by atoms with Crippen LogP contribution < -0.4 is 0 Å². The van der Waals surface area contributed by atoms with E-state index in [-0.39, 0.29) is 12.5 Å². The largest absolute Gasteiger partial charge is 0.462 e. The number of carbonyl (C=O) groups excluding carboxylic acids is 2. The van der Waals surface area contributed by atoms with Gasteiger partial charge in [-0.15, -0.1) is 0 Å². The van der Waals surface area contributed by atoms with Gasteiger partial charge in [-0.1, -0.05) is 45.0 Å². The Kier molecular flexibility index (Phi) is 6.18. The lowest BCUT2D eigenvalue weighted by Gasteiger charge is -2.19. The van der Waals surface area contributed by atoms with Crippen LogP contribution in [0.15, 0.2) is 41.1 Å². The Morgan fingerprint density at radius 2 is 1.84 bits per heavy atom. The quantitative estimate of drug-likeness (QED) is 0.581.